The van der Waals surface area contributed by atoms with Crippen LogP contribution in [0.2, 0.25) is 0 Å². The van der Waals surface area contributed by atoms with Crippen LogP contribution in [0.15, 0.2) is 48.7 Å². The number of nitro benzene ring substituents is 1. The number of nitro groups is 1. The van der Waals surface area contributed by atoms with Crippen molar-refractivity contribution >= 4 is 34.2 Å². The summed E-state index contributed by atoms with van der Waals surface area (Å²) in [4.78, 5) is 37.5. The number of ether oxygens (including phenoxy) is 1. The second-order valence-corrected chi connectivity index (χ2v) is 7.07. The van der Waals surface area contributed by atoms with E-state index in [9.17, 15) is 19.7 Å². The molecule has 1 amide bonds. The molecule has 0 bridgehead atoms. The van der Waals surface area contributed by atoms with Gasteiger partial charge in [-0.15, -0.1) is 0 Å². The van der Waals surface area contributed by atoms with Crippen molar-refractivity contribution in [2.75, 3.05) is 12.0 Å². The molecule has 1 aliphatic rings. The first-order valence-corrected chi connectivity index (χ1v) is 9.16. The summed E-state index contributed by atoms with van der Waals surface area (Å²) in [6, 6.07) is 11.8. The van der Waals surface area contributed by atoms with Crippen LogP contribution >= 0.6 is 0 Å². The molecule has 0 saturated carbocycles. The molecule has 1 aromatic heterocycles. The van der Waals surface area contributed by atoms with Gasteiger partial charge in [-0.2, -0.15) is 0 Å². The van der Waals surface area contributed by atoms with Crippen LogP contribution in [0.4, 0.5) is 11.4 Å². The number of esters is 1. The Morgan fingerprint density at radius 3 is 2.72 bits per heavy atom. The number of amides is 1. The first kappa shape index (κ1) is 18.7. The summed E-state index contributed by atoms with van der Waals surface area (Å²) < 4.78 is 6.59. The Morgan fingerprint density at radius 2 is 2.00 bits per heavy atom. The first-order valence-electron chi connectivity index (χ1n) is 9.16. The minimum absolute atomic E-state index is 0.0179. The number of methoxy groups -OCH3 is 1. The van der Waals surface area contributed by atoms with Crippen molar-refractivity contribution < 1.29 is 19.2 Å². The summed E-state index contributed by atoms with van der Waals surface area (Å²) in [5.41, 5.74) is 2.66. The monoisotopic (exact) mass is 393 g/mol. The fourth-order valence-electron chi connectivity index (χ4n) is 3.98. The number of carbonyl (C=O) groups excluding carboxylic acids is 2. The molecule has 0 aliphatic carbocycles. The number of nitrogens with zero attached hydrogens (tertiary/aromatic N) is 3. The van der Waals surface area contributed by atoms with E-state index in [1.165, 1.54) is 19.2 Å². The molecule has 148 valence electrons. The fraction of sp³-hybridized carbons (Fsp3) is 0.238. The molecular weight excluding hydrogens is 374 g/mol. The summed E-state index contributed by atoms with van der Waals surface area (Å²) in [6.07, 6.45) is 2.19. The standard InChI is InChI=1S/C21H19N3O5/c1-13-9-14-10-15(24(27)28)7-8-18(14)23(13)20(25)12-22-11-17(21(26)29-2)16-5-3-4-6-19(16)22/h3-8,10-11,13H,9,12H2,1-2H3/t13-/m0/s1. The van der Waals surface area contributed by atoms with Crippen molar-refractivity contribution in [2.24, 2.45) is 0 Å². The fourth-order valence-corrected chi connectivity index (χ4v) is 3.98. The van der Waals surface area contributed by atoms with Crippen LogP contribution in [0, 0.1) is 10.1 Å². The molecule has 2 heterocycles. The highest BCUT2D eigenvalue weighted by Gasteiger charge is 2.32. The average molecular weight is 393 g/mol. The van der Waals surface area contributed by atoms with Gasteiger partial charge in [0.1, 0.15) is 6.54 Å². The van der Waals surface area contributed by atoms with Gasteiger partial charge in [-0.05, 0) is 31.0 Å². The number of para-hydroxylation sites is 1. The van der Waals surface area contributed by atoms with Gasteiger partial charge in [-0.25, -0.2) is 4.79 Å². The second kappa shape index (κ2) is 7.05. The van der Waals surface area contributed by atoms with Gasteiger partial charge in [0.15, 0.2) is 0 Å². The largest absolute Gasteiger partial charge is 0.465 e. The predicted molar refractivity (Wildman–Crippen MR) is 107 cm³/mol. The number of rotatable bonds is 4. The van der Waals surface area contributed by atoms with Crippen LogP contribution < -0.4 is 4.90 Å². The number of non-ortho nitro benzene ring substituents is 1. The third-order valence-electron chi connectivity index (χ3n) is 5.26. The van der Waals surface area contributed by atoms with E-state index in [2.05, 4.69) is 0 Å². The topological polar surface area (TPSA) is 94.7 Å². The Balaban J connectivity index is 1.68. The quantitative estimate of drug-likeness (QED) is 0.385. The van der Waals surface area contributed by atoms with E-state index in [-0.39, 0.29) is 24.2 Å². The highest BCUT2D eigenvalue weighted by atomic mass is 16.6. The van der Waals surface area contributed by atoms with E-state index >= 15 is 0 Å². The SMILES string of the molecule is COC(=O)c1cn(CC(=O)N2c3ccc([N+](=O)[O-])cc3C[C@@H]2C)c2ccccc12. The van der Waals surface area contributed by atoms with Gasteiger partial charge in [0, 0.05) is 41.0 Å². The zero-order valence-electron chi connectivity index (χ0n) is 16.0. The number of anilines is 1. The molecule has 2 aromatic carbocycles. The van der Waals surface area contributed by atoms with E-state index in [4.69, 9.17) is 4.74 Å². The van der Waals surface area contributed by atoms with Crippen molar-refractivity contribution in [3.63, 3.8) is 0 Å². The second-order valence-electron chi connectivity index (χ2n) is 7.07. The van der Waals surface area contributed by atoms with Gasteiger partial charge in [-0.1, -0.05) is 18.2 Å². The highest BCUT2D eigenvalue weighted by Crippen LogP contribution is 2.35. The Morgan fingerprint density at radius 1 is 1.24 bits per heavy atom. The molecule has 29 heavy (non-hydrogen) atoms. The van der Waals surface area contributed by atoms with E-state index in [1.807, 2.05) is 31.2 Å². The lowest BCUT2D eigenvalue weighted by atomic mass is 10.1. The molecule has 8 nitrogen and oxygen atoms in total. The van der Waals surface area contributed by atoms with Crippen molar-refractivity contribution in [3.8, 4) is 0 Å². The molecule has 1 aliphatic heterocycles. The van der Waals surface area contributed by atoms with Gasteiger partial charge in [0.25, 0.3) is 5.69 Å². The zero-order valence-corrected chi connectivity index (χ0v) is 16.0. The van der Waals surface area contributed by atoms with E-state index in [1.54, 1.807) is 21.7 Å². The van der Waals surface area contributed by atoms with Crippen molar-refractivity contribution in [3.05, 3.63) is 69.9 Å². The molecule has 8 heteroatoms. The minimum Gasteiger partial charge on any atom is -0.465 e. The van der Waals surface area contributed by atoms with Gasteiger partial charge < -0.3 is 14.2 Å². The maximum Gasteiger partial charge on any atom is 0.340 e. The molecule has 1 atom stereocenters. The molecular formula is C21H19N3O5. The lowest BCUT2D eigenvalue weighted by Gasteiger charge is -2.23. The summed E-state index contributed by atoms with van der Waals surface area (Å²) in [5, 5.41) is 11.7. The summed E-state index contributed by atoms with van der Waals surface area (Å²) >= 11 is 0. The van der Waals surface area contributed by atoms with Crippen LogP contribution in [-0.2, 0) is 22.5 Å². The minimum atomic E-state index is -0.459. The summed E-state index contributed by atoms with van der Waals surface area (Å²) in [7, 11) is 1.32. The first-order chi connectivity index (χ1) is 13.9. The predicted octanol–water partition coefficient (Wildman–Crippen LogP) is 3.31. The van der Waals surface area contributed by atoms with Crippen LogP contribution in [0.3, 0.4) is 0 Å². The Kier molecular flexibility index (Phi) is 4.54. The molecule has 4 rings (SSSR count). The third-order valence-corrected chi connectivity index (χ3v) is 5.26. The average Bonchev–Trinajstić information content (AvgIpc) is 3.23. The van der Waals surface area contributed by atoms with E-state index < -0.39 is 10.9 Å². The lowest BCUT2D eigenvalue weighted by molar-refractivity contribution is -0.384. The van der Waals surface area contributed by atoms with Crippen molar-refractivity contribution in [1.82, 2.24) is 4.57 Å². The normalized spacial score (nSPS) is 15.4. The van der Waals surface area contributed by atoms with Crippen LogP contribution in [0.25, 0.3) is 10.9 Å². The van der Waals surface area contributed by atoms with Crippen molar-refractivity contribution in [1.29, 1.82) is 0 Å². The number of fused-ring (bicyclic) bond motifs is 2. The summed E-state index contributed by atoms with van der Waals surface area (Å²) in [5.74, 6) is -0.609. The highest BCUT2D eigenvalue weighted by molar-refractivity contribution is 6.05. The number of aromatic nitrogens is 1. The maximum absolute atomic E-state index is 13.2. The molecule has 0 saturated heterocycles. The van der Waals surface area contributed by atoms with Gasteiger partial charge in [0.2, 0.25) is 5.91 Å². The van der Waals surface area contributed by atoms with Crippen molar-refractivity contribution in [2.45, 2.75) is 25.9 Å². The number of benzene rings is 2. The van der Waals surface area contributed by atoms with Crippen LogP contribution in [0.5, 0.6) is 0 Å². The number of hydrogen-bond donors (Lipinski definition) is 0. The zero-order chi connectivity index (χ0) is 20.7. The molecule has 0 N–H and O–H groups in total. The number of carbonyl (C=O) groups is 2. The molecule has 3 aromatic rings. The van der Waals surface area contributed by atoms with Gasteiger partial charge >= 0.3 is 5.97 Å². The molecule has 0 fully saturated rings. The molecule has 0 radical (unpaired) electrons. The number of hydrogen-bond acceptors (Lipinski definition) is 5. The van der Waals surface area contributed by atoms with Crippen LogP contribution in [0.1, 0.15) is 22.8 Å². The molecule has 0 unspecified atom stereocenters. The molecule has 0 spiro atoms. The Bertz CT molecular complexity index is 1150. The Labute approximate surface area is 166 Å². The Hall–Kier alpha value is -3.68. The summed E-state index contributed by atoms with van der Waals surface area (Å²) in [6.45, 7) is 1.95. The maximum atomic E-state index is 13.2. The third kappa shape index (κ3) is 3.12. The smallest absolute Gasteiger partial charge is 0.340 e. The van der Waals surface area contributed by atoms with E-state index in [0.29, 0.717) is 17.7 Å². The van der Waals surface area contributed by atoms with E-state index in [0.717, 1.165) is 16.5 Å². The lowest BCUT2D eigenvalue weighted by Crippen LogP contribution is -2.38. The van der Waals surface area contributed by atoms with Crippen LogP contribution in [-0.4, -0.2) is 34.5 Å². The van der Waals surface area contributed by atoms with Gasteiger partial charge in [0.05, 0.1) is 17.6 Å². The van der Waals surface area contributed by atoms with Gasteiger partial charge in [-0.3, -0.25) is 14.9 Å².